The van der Waals surface area contributed by atoms with Crippen molar-refractivity contribution in [2.45, 2.75) is 26.3 Å². The Morgan fingerprint density at radius 2 is 2.12 bits per heavy atom. The minimum absolute atomic E-state index is 0.171. The molecular formula is C10H19N5OS. The van der Waals surface area contributed by atoms with E-state index in [1.165, 1.54) is 0 Å². The fraction of sp³-hybridized carbons (Fsp3) is 0.700. The summed E-state index contributed by atoms with van der Waals surface area (Å²) in [4.78, 5) is 12.1. The van der Waals surface area contributed by atoms with Crippen molar-refractivity contribution in [2.75, 3.05) is 29.7 Å². The van der Waals surface area contributed by atoms with Gasteiger partial charge in [-0.3, -0.25) is 0 Å². The van der Waals surface area contributed by atoms with E-state index in [9.17, 15) is 0 Å². The lowest BCUT2D eigenvalue weighted by atomic mass is 10.3. The third kappa shape index (κ3) is 4.64. The summed E-state index contributed by atoms with van der Waals surface area (Å²) in [6, 6.07) is 0.586. The van der Waals surface area contributed by atoms with Crippen LogP contribution in [0.1, 0.15) is 20.3 Å². The molecule has 0 radical (unpaired) electrons. The van der Waals surface area contributed by atoms with Crippen LogP contribution in [-0.2, 0) is 0 Å². The average molecular weight is 257 g/mol. The van der Waals surface area contributed by atoms with Crippen LogP contribution in [0.5, 0.6) is 6.01 Å². The van der Waals surface area contributed by atoms with Gasteiger partial charge in [-0.1, -0.05) is 6.92 Å². The molecule has 0 saturated heterocycles. The Labute approximate surface area is 106 Å². The number of nitrogens with two attached hydrogens (primary N) is 1. The lowest BCUT2D eigenvalue weighted by Gasteiger charge is -2.15. The highest BCUT2D eigenvalue weighted by molar-refractivity contribution is 7.98. The first-order chi connectivity index (χ1) is 8.19. The van der Waals surface area contributed by atoms with E-state index in [4.69, 9.17) is 10.5 Å². The minimum Gasteiger partial charge on any atom is -0.464 e. The molecular weight excluding hydrogens is 238 g/mol. The molecule has 17 heavy (non-hydrogen) atoms. The maximum absolute atomic E-state index is 5.59. The van der Waals surface area contributed by atoms with Crippen molar-refractivity contribution in [3.63, 3.8) is 0 Å². The van der Waals surface area contributed by atoms with E-state index >= 15 is 0 Å². The molecule has 0 aliphatic carbocycles. The summed E-state index contributed by atoms with van der Waals surface area (Å²) in [5.41, 5.74) is 5.59. The van der Waals surface area contributed by atoms with Crippen LogP contribution in [0.3, 0.4) is 0 Å². The molecule has 1 unspecified atom stereocenters. The largest absolute Gasteiger partial charge is 0.464 e. The van der Waals surface area contributed by atoms with Gasteiger partial charge in [-0.05, 0) is 19.6 Å². The third-order valence-corrected chi connectivity index (χ3v) is 2.84. The van der Waals surface area contributed by atoms with Gasteiger partial charge in [-0.2, -0.15) is 26.7 Å². The van der Waals surface area contributed by atoms with Crippen LogP contribution in [0.4, 0.5) is 11.9 Å². The molecule has 0 aliphatic rings. The van der Waals surface area contributed by atoms with E-state index in [2.05, 4.69) is 33.4 Å². The monoisotopic (exact) mass is 257 g/mol. The van der Waals surface area contributed by atoms with Crippen LogP contribution in [-0.4, -0.2) is 39.6 Å². The second-order valence-corrected chi connectivity index (χ2v) is 4.35. The lowest BCUT2D eigenvalue weighted by molar-refractivity contribution is 0.312. The highest BCUT2D eigenvalue weighted by Gasteiger charge is 2.10. The van der Waals surface area contributed by atoms with E-state index < -0.39 is 0 Å². The molecule has 0 aliphatic heterocycles. The predicted molar refractivity (Wildman–Crippen MR) is 71.5 cm³/mol. The standard InChI is InChI=1S/C10H19N5OS/c1-4-7(6-17-3)12-9-13-8(11)14-10(15-9)16-5-2/h7H,4-6H2,1-3H3,(H3,11,12,13,14,15). The van der Waals surface area contributed by atoms with Gasteiger partial charge in [0.1, 0.15) is 0 Å². The average Bonchev–Trinajstić information content (AvgIpc) is 2.28. The van der Waals surface area contributed by atoms with Gasteiger partial charge in [-0.15, -0.1) is 0 Å². The maximum atomic E-state index is 5.59. The molecule has 1 aromatic rings. The summed E-state index contributed by atoms with van der Waals surface area (Å²) in [7, 11) is 0. The van der Waals surface area contributed by atoms with Gasteiger partial charge in [0.15, 0.2) is 0 Å². The summed E-state index contributed by atoms with van der Waals surface area (Å²) >= 11 is 1.78. The number of nitrogens with one attached hydrogen (secondary N) is 1. The Hall–Kier alpha value is -1.24. The molecule has 96 valence electrons. The zero-order valence-corrected chi connectivity index (χ0v) is 11.3. The number of nitrogen functional groups attached to an aromatic ring is 1. The molecule has 0 saturated carbocycles. The Morgan fingerprint density at radius 3 is 2.71 bits per heavy atom. The van der Waals surface area contributed by atoms with E-state index in [1.807, 2.05) is 6.92 Å². The first-order valence-electron chi connectivity index (χ1n) is 5.59. The molecule has 3 N–H and O–H groups in total. The molecule has 1 rings (SSSR count). The molecule has 1 aromatic heterocycles. The summed E-state index contributed by atoms with van der Waals surface area (Å²) in [6.45, 7) is 4.49. The van der Waals surface area contributed by atoms with Gasteiger partial charge in [0.25, 0.3) is 0 Å². The van der Waals surface area contributed by atoms with Crippen LogP contribution in [0.25, 0.3) is 0 Å². The van der Waals surface area contributed by atoms with Crippen LogP contribution >= 0.6 is 11.8 Å². The smallest absolute Gasteiger partial charge is 0.323 e. The van der Waals surface area contributed by atoms with Crippen molar-refractivity contribution in [3.05, 3.63) is 0 Å². The number of nitrogens with zero attached hydrogens (tertiary/aromatic N) is 3. The van der Waals surface area contributed by atoms with Crippen molar-refractivity contribution < 1.29 is 4.74 Å². The van der Waals surface area contributed by atoms with E-state index in [-0.39, 0.29) is 12.0 Å². The molecule has 0 amide bonds. The van der Waals surface area contributed by atoms with Crippen molar-refractivity contribution in [1.82, 2.24) is 15.0 Å². The number of aromatic nitrogens is 3. The van der Waals surface area contributed by atoms with Crippen LogP contribution < -0.4 is 15.8 Å². The van der Waals surface area contributed by atoms with Crippen molar-refractivity contribution in [3.8, 4) is 6.01 Å². The normalized spacial score (nSPS) is 12.2. The Morgan fingerprint density at radius 1 is 1.35 bits per heavy atom. The predicted octanol–water partition coefficient (Wildman–Crippen LogP) is 1.41. The van der Waals surface area contributed by atoms with Gasteiger partial charge in [0.2, 0.25) is 11.9 Å². The van der Waals surface area contributed by atoms with Crippen molar-refractivity contribution >= 4 is 23.7 Å². The van der Waals surface area contributed by atoms with Crippen molar-refractivity contribution in [2.24, 2.45) is 0 Å². The van der Waals surface area contributed by atoms with Gasteiger partial charge < -0.3 is 15.8 Å². The zero-order chi connectivity index (χ0) is 12.7. The van der Waals surface area contributed by atoms with Gasteiger partial charge in [0.05, 0.1) is 6.61 Å². The quantitative estimate of drug-likeness (QED) is 0.763. The third-order valence-electron chi connectivity index (χ3n) is 2.10. The fourth-order valence-electron chi connectivity index (χ4n) is 1.28. The molecule has 1 heterocycles. The molecule has 1 atom stereocenters. The summed E-state index contributed by atoms with van der Waals surface area (Å²) < 4.78 is 5.22. The van der Waals surface area contributed by atoms with Crippen LogP contribution in [0.15, 0.2) is 0 Å². The Kier molecular flexibility index (Phi) is 5.82. The summed E-state index contributed by atoms with van der Waals surface area (Å²) in [6.07, 6.45) is 3.06. The molecule has 0 aromatic carbocycles. The topological polar surface area (TPSA) is 86.0 Å². The second-order valence-electron chi connectivity index (χ2n) is 3.44. The summed E-state index contributed by atoms with van der Waals surface area (Å²) in [5, 5.41) is 3.23. The van der Waals surface area contributed by atoms with E-state index in [0.717, 1.165) is 12.2 Å². The molecule has 7 heteroatoms. The first-order valence-corrected chi connectivity index (χ1v) is 6.98. The molecule has 6 nitrogen and oxygen atoms in total. The number of rotatable bonds is 7. The fourth-order valence-corrected chi connectivity index (χ4v) is 2.00. The van der Waals surface area contributed by atoms with E-state index in [1.54, 1.807) is 11.8 Å². The van der Waals surface area contributed by atoms with Crippen LogP contribution in [0, 0.1) is 0 Å². The number of thioether (sulfide) groups is 1. The second kappa shape index (κ2) is 7.16. The minimum atomic E-state index is 0.171. The highest BCUT2D eigenvalue weighted by atomic mass is 32.2. The maximum Gasteiger partial charge on any atom is 0.323 e. The first kappa shape index (κ1) is 13.8. The van der Waals surface area contributed by atoms with Gasteiger partial charge in [0, 0.05) is 11.8 Å². The number of ether oxygens (including phenoxy) is 1. The summed E-state index contributed by atoms with van der Waals surface area (Å²) in [5.74, 6) is 1.64. The molecule has 0 spiro atoms. The van der Waals surface area contributed by atoms with Crippen molar-refractivity contribution in [1.29, 1.82) is 0 Å². The van der Waals surface area contributed by atoms with Gasteiger partial charge >= 0.3 is 6.01 Å². The van der Waals surface area contributed by atoms with Gasteiger partial charge in [-0.25, -0.2) is 0 Å². The SMILES string of the molecule is CCOc1nc(N)nc(NC(CC)CSC)n1. The number of hydrogen-bond acceptors (Lipinski definition) is 7. The zero-order valence-electron chi connectivity index (χ0n) is 10.4. The van der Waals surface area contributed by atoms with Crippen LogP contribution in [0.2, 0.25) is 0 Å². The number of anilines is 2. The lowest BCUT2D eigenvalue weighted by Crippen LogP contribution is -2.23. The Bertz CT molecular complexity index is 349. The molecule has 0 bridgehead atoms. The van der Waals surface area contributed by atoms with E-state index in [0.29, 0.717) is 18.6 Å². The Balaban J connectivity index is 2.75. The highest BCUT2D eigenvalue weighted by Crippen LogP contribution is 2.12. The molecule has 0 fully saturated rings. The number of hydrogen-bond donors (Lipinski definition) is 2.